The van der Waals surface area contributed by atoms with E-state index in [-0.39, 0.29) is 0 Å². The van der Waals surface area contributed by atoms with E-state index in [0.717, 1.165) is 0 Å². The molecule has 0 spiro atoms. The molecular weight excluding hydrogens is 266 g/mol. The van der Waals surface area contributed by atoms with Crippen LogP contribution in [0.1, 0.15) is 117 Å². The van der Waals surface area contributed by atoms with Gasteiger partial charge in [-0.15, -0.1) is 0 Å². The predicted octanol–water partition coefficient (Wildman–Crippen LogP) is 5.78. The largest absolute Gasteiger partial charge is 0.337 e. The summed E-state index contributed by atoms with van der Waals surface area (Å²) in [6.07, 6.45) is 23.1. The Morgan fingerprint density at radius 2 is 0.682 bits per heavy atom. The first kappa shape index (κ1) is 22.0. The summed E-state index contributed by atoms with van der Waals surface area (Å²) in [6, 6.07) is 0. The van der Waals surface area contributed by atoms with Crippen molar-refractivity contribution in [2.45, 2.75) is 117 Å². The monoisotopic (exact) mass is 312 g/mol. The second kappa shape index (κ2) is 19.0. The average molecular weight is 313 g/mol. The third-order valence-electron chi connectivity index (χ3n) is 4.91. The average Bonchev–Trinajstić information content (AvgIpc) is 2.52. The Kier molecular flexibility index (Phi) is 19.0. The second-order valence-corrected chi connectivity index (χ2v) is 7.41. The molecule has 1 atom stereocenters. The smallest absolute Gasteiger partial charge is 0.0768 e. The van der Waals surface area contributed by atoms with Crippen LogP contribution in [0.4, 0.5) is 0 Å². The van der Waals surface area contributed by atoms with Gasteiger partial charge in [-0.2, -0.15) is 0 Å². The Balaban J connectivity index is 3.10. The van der Waals surface area contributed by atoms with Crippen LogP contribution < -0.4 is 4.90 Å². The minimum atomic E-state index is 1.36. The standard InChI is InChI=1S/C21H45N/c1-4-6-8-10-12-13-14-15-17-19-21-22(3)20-18-16-11-9-7-5-2/h4-21H2,1-3H3/p+1. The molecule has 1 N–H and O–H groups in total. The first-order valence-electron chi connectivity index (χ1n) is 10.6. The maximum Gasteiger partial charge on any atom is 0.0768 e. The molecule has 0 radical (unpaired) electrons. The van der Waals surface area contributed by atoms with E-state index >= 15 is 0 Å². The van der Waals surface area contributed by atoms with Crippen LogP contribution >= 0.6 is 0 Å². The Labute approximate surface area is 142 Å². The zero-order chi connectivity index (χ0) is 16.3. The van der Waals surface area contributed by atoms with E-state index in [1.54, 1.807) is 4.90 Å². The molecule has 22 heavy (non-hydrogen) atoms. The van der Waals surface area contributed by atoms with Crippen LogP contribution in [0.3, 0.4) is 0 Å². The van der Waals surface area contributed by atoms with Crippen molar-refractivity contribution in [2.24, 2.45) is 0 Å². The molecule has 0 aromatic heterocycles. The number of rotatable bonds is 18. The summed E-state index contributed by atoms with van der Waals surface area (Å²) < 4.78 is 0. The summed E-state index contributed by atoms with van der Waals surface area (Å²) in [4.78, 5) is 1.76. The van der Waals surface area contributed by atoms with E-state index < -0.39 is 0 Å². The zero-order valence-electron chi connectivity index (χ0n) is 16.2. The molecule has 0 aliphatic carbocycles. The zero-order valence-corrected chi connectivity index (χ0v) is 16.2. The second-order valence-electron chi connectivity index (χ2n) is 7.41. The SMILES string of the molecule is CCCCCCCCCCCC[NH+](C)CCCCCCCC. The predicted molar refractivity (Wildman–Crippen MR) is 102 cm³/mol. The first-order valence-corrected chi connectivity index (χ1v) is 10.6. The van der Waals surface area contributed by atoms with Crippen LogP contribution in [-0.4, -0.2) is 20.1 Å². The van der Waals surface area contributed by atoms with E-state index in [0.29, 0.717) is 0 Å². The number of hydrogen-bond acceptors (Lipinski definition) is 0. The Morgan fingerprint density at radius 1 is 0.409 bits per heavy atom. The summed E-state index contributed by atoms with van der Waals surface area (Å²) in [6.45, 7) is 7.38. The molecule has 1 unspecified atom stereocenters. The number of quaternary nitrogens is 1. The van der Waals surface area contributed by atoms with Crippen molar-refractivity contribution in [3.05, 3.63) is 0 Å². The van der Waals surface area contributed by atoms with Crippen LogP contribution in [0, 0.1) is 0 Å². The molecule has 0 heterocycles. The van der Waals surface area contributed by atoms with Crippen molar-refractivity contribution in [3.63, 3.8) is 0 Å². The molecule has 0 aliphatic heterocycles. The van der Waals surface area contributed by atoms with Gasteiger partial charge in [0.15, 0.2) is 0 Å². The van der Waals surface area contributed by atoms with Gasteiger partial charge in [-0.05, 0) is 25.7 Å². The third kappa shape index (κ3) is 18.0. The maximum absolute atomic E-state index is 2.39. The fourth-order valence-electron chi connectivity index (χ4n) is 3.25. The van der Waals surface area contributed by atoms with Crippen LogP contribution in [-0.2, 0) is 0 Å². The van der Waals surface area contributed by atoms with Gasteiger partial charge in [-0.25, -0.2) is 0 Å². The van der Waals surface area contributed by atoms with Crippen LogP contribution in [0.5, 0.6) is 0 Å². The minimum absolute atomic E-state index is 1.36. The van der Waals surface area contributed by atoms with Gasteiger partial charge in [0, 0.05) is 0 Å². The lowest BCUT2D eigenvalue weighted by Crippen LogP contribution is -3.09. The molecule has 0 aromatic carbocycles. The van der Waals surface area contributed by atoms with Crippen molar-refractivity contribution in [1.82, 2.24) is 0 Å². The van der Waals surface area contributed by atoms with E-state index in [1.807, 2.05) is 0 Å². The van der Waals surface area contributed by atoms with Crippen LogP contribution in [0.2, 0.25) is 0 Å². The lowest BCUT2D eigenvalue weighted by molar-refractivity contribution is -0.880. The molecule has 1 nitrogen and oxygen atoms in total. The molecule has 0 saturated carbocycles. The maximum atomic E-state index is 2.39. The van der Waals surface area contributed by atoms with Crippen LogP contribution in [0.15, 0.2) is 0 Å². The normalized spacial score (nSPS) is 12.7. The Morgan fingerprint density at radius 3 is 1.00 bits per heavy atom. The Bertz CT molecular complexity index is 190. The molecule has 0 rings (SSSR count). The molecule has 0 saturated heterocycles. The van der Waals surface area contributed by atoms with Gasteiger partial charge < -0.3 is 4.90 Å². The topological polar surface area (TPSA) is 4.44 Å². The molecule has 0 amide bonds. The van der Waals surface area contributed by atoms with E-state index in [1.165, 1.54) is 116 Å². The van der Waals surface area contributed by atoms with Gasteiger partial charge >= 0.3 is 0 Å². The van der Waals surface area contributed by atoms with Gasteiger partial charge in [0.2, 0.25) is 0 Å². The summed E-state index contributed by atoms with van der Waals surface area (Å²) in [7, 11) is 2.39. The van der Waals surface area contributed by atoms with Crippen molar-refractivity contribution >= 4 is 0 Å². The highest BCUT2D eigenvalue weighted by molar-refractivity contribution is 4.47. The fraction of sp³-hybridized carbons (Fsp3) is 1.00. The molecule has 1 heteroatoms. The van der Waals surface area contributed by atoms with Crippen molar-refractivity contribution in [3.8, 4) is 0 Å². The summed E-state index contributed by atoms with van der Waals surface area (Å²) >= 11 is 0. The van der Waals surface area contributed by atoms with Gasteiger partial charge in [-0.3, -0.25) is 0 Å². The molecule has 0 bridgehead atoms. The van der Waals surface area contributed by atoms with Gasteiger partial charge in [0.1, 0.15) is 0 Å². The van der Waals surface area contributed by atoms with Crippen LogP contribution in [0.25, 0.3) is 0 Å². The minimum Gasteiger partial charge on any atom is -0.337 e. The highest BCUT2D eigenvalue weighted by Crippen LogP contribution is 2.10. The fourth-order valence-corrected chi connectivity index (χ4v) is 3.25. The lowest BCUT2D eigenvalue weighted by Gasteiger charge is -2.13. The molecule has 0 fully saturated rings. The summed E-state index contributed by atoms with van der Waals surface area (Å²) in [5, 5.41) is 0. The van der Waals surface area contributed by atoms with Crippen molar-refractivity contribution in [1.29, 1.82) is 0 Å². The van der Waals surface area contributed by atoms with E-state index in [2.05, 4.69) is 20.9 Å². The summed E-state index contributed by atoms with van der Waals surface area (Å²) in [5.74, 6) is 0. The molecule has 0 aromatic rings. The molecule has 134 valence electrons. The van der Waals surface area contributed by atoms with Gasteiger partial charge in [0.25, 0.3) is 0 Å². The first-order chi connectivity index (χ1) is 10.8. The summed E-state index contributed by atoms with van der Waals surface area (Å²) in [5.41, 5.74) is 0. The number of nitrogens with one attached hydrogen (secondary N) is 1. The quantitative estimate of drug-likeness (QED) is 0.306. The molecule has 0 aliphatic rings. The van der Waals surface area contributed by atoms with E-state index in [4.69, 9.17) is 0 Å². The van der Waals surface area contributed by atoms with E-state index in [9.17, 15) is 0 Å². The third-order valence-corrected chi connectivity index (χ3v) is 4.91. The lowest BCUT2D eigenvalue weighted by atomic mass is 10.1. The van der Waals surface area contributed by atoms with Gasteiger partial charge in [-0.1, -0.05) is 90.9 Å². The van der Waals surface area contributed by atoms with Crippen molar-refractivity contribution < 1.29 is 4.90 Å². The number of hydrogen-bond donors (Lipinski definition) is 1. The number of unbranched alkanes of at least 4 members (excludes halogenated alkanes) is 14. The Hall–Kier alpha value is -0.0400. The molecular formula is C21H46N+. The highest BCUT2D eigenvalue weighted by atomic mass is 15.1. The van der Waals surface area contributed by atoms with Crippen molar-refractivity contribution in [2.75, 3.05) is 20.1 Å². The highest BCUT2D eigenvalue weighted by Gasteiger charge is 2.01. The van der Waals surface area contributed by atoms with Gasteiger partial charge in [0.05, 0.1) is 20.1 Å².